The number of hydrogen-bond acceptors (Lipinski definition) is 13. The van der Waals surface area contributed by atoms with Crippen LogP contribution in [-0.2, 0) is 49.6 Å². The average molecular weight is 934 g/mol. The molecule has 0 spiro atoms. The number of aryl methyl sites for hydroxylation is 1. The highest BCUT2D eigenvalue weighted by atomic mass is 32.2. The molecule has 2 aliphatic rings. The quantitative estimate of drug-likeness (QED) is 0.0153. The molecule has 2 fully saturated rings. The van der Waals surface area contributed by atoms with Crippen molar-refractivity contribution in [3.8, 4) is 0 Å². The maximum absolute atomic E-state index is 13.2. The first kappa shape index (κ1) is 53.3. The molecule has 1 unspecified atom stereocenters. The number of urea groups is 1. The van der Waals surface area contributed by atoms with Crippen molar-refractivity contribution in [1.82, 2.24) is 48.0 Å². The Bertz CT molecular complexity index is 1810. The Morgan fingerprint density at radius 1 is 0.708 bits per heavy atom. The number of hydroxylamine groups is 1. The molecule has 15 N–H and O–H groups in total. The van der Waals surface area contributed by atoms with Crippen LogP contribution in [0.4, 0.5) is 4.79 Å². The monoisotopic (exact) mass is 933 g/mol. The molecule has 2 heterocycles. The van der Waals surface area contributed by atoms with Gasteiger partial charge in [-0.05, 0) is 63.4 Å². The molecular weight excluding hydrogens is 871 g/mol. The van der Waals surface area contributed by atoms with E-state index in [1.165, 1.54) is 5.48 Å². The lowest BCUT2D eigenvalue weighted by molar-refractivity contribution is -0.137. The standard InChI is InChI=1S/C41H63N11O12S/c42-31(54)17-16-27(48-40(62)28(22-53)49-38(60)25(19-33(56)52-64)12-8-11-24-9-2-1-3-10-24)39(61)46-20-34(57)45-21-35(58)47-26(37(43)59)13-6-7-18-44-32(55)15-5-4-14-30-36-29(23-65-30)50-41(63)51-36/h1-3,9-10,25-30,36,53,64H,4-8,11-23H2,(H2,42,54)(H2,43,59)(H,44,55)(H,45,57)(H,46,61)(H,47,58)(H,48,62)(H,49,60)(H,52,56)(H2,50,51,63)/t25?,26-,27-,28-,29-,30-,36-/m0/s1. The molecule has 2 saturated heterocycles. The minimum absolute atomic E-state index is 0.101. The molecule has 65 heavy (non-hydrogen) atoms. The van der Waals surface area contributed by atoms with Crippen LogP contribution in [0.3, 0.4) is 0 Å². The zero-order chi connectivity index (χ0) is 47.7. The maximum Gasteiger partial charge on any atom is 0.315 e. The number of primary amides is 2. The maximum atomic E-state index is 13.2. The van der Waals surface area contributed by atoms with E-state index < -0.39 is 97.4 Å². The van der Waals surface area contributed by atoms with Crippen LogP contribution in [0.5, 0.6) is 0 Å². The lowest BCUT2D eigenvalue weighted by Crippen LogP contribution is -2.56. The van der Waals surface area contributed by atoms with E-state index in [0.717, 1.165) is 24.2 Å². The van der Waals surface area contributed by atoms with Crippen LogP contribution in [-0.4, -0.2) is 137 Å². The molecule has 0 aliphatic carbocycles. The third kappa shape index (κ3) is 20.1. The smallest absolute Gasteiger partial charge is 0.315 e. The van der Waals surface area contributed by atoms with Gasteiger partial charge < -0.3 is 59.1 Å². The molecule has 24 heteroatoms. The van der Waals surface area contributed by atoms with Gasteiger partial charge in [0.1, 0.15) is 18.1 Å². The van der Waals surface area contributed by atoms with Crippen molar-refractivity contribution >= 4 is 71.0 Å². The summed E-state index contributed by atoms with van der Waals surface area (Å²) in [5, 5.41) is 39.7. The van der Waals surface area contributed by atoms with E-state index in [1.54, 1.807) is 0 Å². The zero-order valence-electron chi connectivity index (χ0n) is 36.2. The van der Waals surface area contributed by atoms with E-state index in [9.17, 15) is 53.1 Å². The molecule has 1 aromatic rings. The van der Waals surface area contributed by atoms with Crippen molar-refractivity contribution in [2.75, 3.05) is 32.0 Å². The first-order chi connectivity index (χ1) is 31.1. The Balaban J connectivity index is 1.37. The van der Waals surface area contributed by atoms with Crippen LogP contribution in [0.1, 0.15) is 82.6 Å². The van der Waals surface area contributed by atoms with E-state index in [2.05, 4.69) is 42.5 Å². The number of fused-ring (bicyclic) bond motifs is 1. The predicted molar refractivity (Wildman–Crippen MR) is 235 cm³/mol. The average Bonchev–Trinajstić information content (AvgIpc) is 3.84. The molecule has 7 atom stereocenters. The Labute approximate surface area is 380 Å². The number of nitrogens with two attached hydrogens (primary N) is 2. The fourth-order valence-electron chi connectivity index (χ4n) is 7.23. The number of unbranched alkanes of at least 4 members (excludes halogenated alkanes) is 2. The van der Waals surface area contributed by atoms with Crippen LogP contribution in [0, 0.1) is 5.92 Å². The molecule has 2 aliphatic heterocycles. The molecule has 1 aromatic carbocycles. The molecule has 11 amide bonds. The predicted octanol–water partition coefficient (Wildman–Crippen LogP) is -3.04. The Hall–Kier alpha value is -6.01. The van der Waals surface area contributed by atoms with Gasteiger partial charge in [0.25, 0.3) is 0 Å². The van der Waals surface area contributed by atoms with Crippen molar-refractivity contribution in [1.29, 1.82) is 0 Å². The van der Waals surface area contributed by atoms with Crippen molar-refractivity contribution < 1.29 is 58.3 Å². The number of nitrogens with one attached hydrogen (secondary N) is 9. The third-order valence-electron chi connectivity index (χ3n) is 10.8. The van der Waals surface area contributed by atoms with E-state index in [0.29, 0.717) is 50.3 Å². The van der Waals surface area contributed by atoms with Gasteiger partial charge in [-0.15, -0.1) is 0 Å². The van der Waals surface area contributed by atoms with Crippen LogP contribution in [0.2, 0.25) is 0 Å². The minimum Gasteiger partial charge on any atom is -0.394 e. The highest BCUT2D eigenvalue weighted by Crippen LogP contribution is 2.33. The number of hydrogen-bond donors (Lipinski definition) is 13. The highest BCUT2D eigenvalue weighted by molar-refractivity contribution is 8.00. The summed E-state index contributed by atoms with van der Waals surface area (Å²) in [5.74, 6) is -7.05. The van der Waals surface area contributed by atoms with E-state index in [-0.39, 0.29) is 49.7 Å². The van der Waals surface area contributed by atoms with Gasteiger partial charge in [-0.2, -0.15) is 11.8 Å². The molecule has 0 radical (unpaired) electrons. The lowest BCUT2D eigenvalue weighted by Gasteiger charge is -2.23. The van der Waals surface area contributed by atoms with Gasteiger partial charge in [-0.3, -0.25) is 48.4 Å². The van der Waals surface area contributed by atoms with Crippen LogP contribution in [0.15, 0.2) is 30.3 Å². The molecule has 360 valence electrons. The van der Waals surface area contributed by atoms with Gasteiger partial charge in [0.05, 0.1) is 31.8 Å². The summed E-state index contributed by atoms with van der Waals surface area (Å²) in [7, 11) is 0. The van der Waals surface area contributed by atoms with Gasteiger partial charge in [0.15, 0.2) is 0 Å². The first-order valence-corrected chi connectivity index (χ1v) is 22.7. The van der Waals surface area contributed by atoms with Gasteiger partial charge >= 0.3 is 6.03 Å². The second-order valence-electron chi connectivity index (χ2n) is 15.9. The summed E-state index contributed by atoms with van der Waals surface area (Å²) in [4.78, 5) is 124. The van der Waals surface area contributed by atoms with Crippen molar-refractivity contribution in [3.63, 3.8) is 0 Å². The largest absolute Gasteiger partial charge is 0.394 e. The fraction of sp³-hybridized carbons (Fsp3) is 0.610. The fourth-order valence-corrected chi connectivity index (χ4v) is 8.77. The van der Waals surface area contributed by atoms with Crippen molar-refractivity contribution in [2.45, 2.75) is 119 Å². The van der Waals surface area contributed by atoms with E-state index in [1.807, 2.05) is 42.1 Å². The number of amides is 11. The summed E-state index contributed by atoms with van der Waals surface area (Å²) < 4.78 is 0. The molecule has 23 nitrogen and oxygen atoms in total. The summed E-state index contributed by atoms with van der Waals surface area (Å²) in [6.07, 6.45) is 4.03. The zero-order valence-corrected chi connectivity index (χ0v) is 37.0. The normalized spacial score (nSPS) is 17.9. The van der Waals surface area contributed by atoms with Gasteiger partial charge in [0.2, 0.25) is 53.2 Å². The molecule has 0 aromatic heterocycles. The number of thioether (sulfide) groups is 1. The molecule has 3 rings (SSSR count). The minimum atomic E-state index is -1.61. The van der Waals surface area contributed by atoms with Crippen LogP contribution in [0.25, 0.3) is 0 Å². The molecule has 0 bridgehead atoms. The first-order valence-electron chi connectivity index (χ1n) is 21.6. The second kappa shape index (κ2) is 28.7. The van der Waals surface area contributed by atoms with Crippen LogP contribution < -0.4 is 59.5 Å². The van der Waals surface area contributed by atoms with Gasteiger partial charge in [-0.1, -0.05) is 36.8 Å². The number of aliphatic hydroxyl groups excluding tert-OH is 1. The molecular formula is C41H63N11O12S. The lowest BCUT2D eigenvalue weighted by atomic mass is 9.95. The molecule has 0 saturated carbocycles. The summed E-state index contributed by atoms with van der Waals surface area (Å²) in [6, 6.07) is 5.35. The summed E-state index contributed by atoms with van der Waals surface area (Å²) in [6.45, 7) is -1.84. The van der Waals surface area contributed by atoms with E-state index in [4.69, 9.17) is 16.7 Å². The number of carbonyl (C=O) groups excluding carboxylic acids is 10. The number of aliphatic hydroxyl groups is 1. The summed E-state index contributed by atoms with van der Waals surface area (Å²) in [5.41, 5.74) is 13.2. The van der Waals surface area contributed by atoms with E-state index >= 15 is 0 Å². The Morgan fingerprint density at radius 2 is 1.43 bits per heavy atom. The number of rotatable bonds is 31. The second-order valence-corrected chi connectivity index (χ2v) is 17.1. The van der Waals surface area contributed by atoms with Crippen LogP contribution >= 0.6 is 11.8 Å². The highest BCUT2D eigenvalue weighted by Gasteiger charge is 2.42. The van der Waals surface area contributed by atoms with Gasteiger partial charge in [0, 0.05) is 42.7 Å². The Kier molecular flexibility index (Phi) is 23.6. The van der Waals surface area contributed by atoms with Gasteiger partial charge in [-0.25, -0.2) is 10.3 Å². The van der Waals surface area contributed by atoms with Crippen molar-refractivity contribution in [2.24, 2.45) is 17.4 Å². The summed E-state index contributed by atoms with van der Waals surface area (Å²) >= 11 is 1.82. The van der Waals surface area contributed by atoms with Crippen molar-refractivity contribution in [3.05, 3.63) is 35.9 Å². The SMILES string of the molecule is NC(=O)CC[C@H](NC(=O)[C@H](CO)NC(=O)C(CCCc1ccccc1)CC(=O)NO)C(=O)NCC(=O)NCC(=O)N[C@@H](CCCCNC(=O)CCCC[C@@H]1SC[C@@H]2NC(=O)N[C@@H]21)C(N)=O. The topological polar surface area (TPSA) is 371 Å². The third-order valence-corrected chi connectivity index (χ3v) is 12.3. The number of carbonyl (C=O) groups is 10. The number of benzene rings is 1. The Morgan fingerprint density at radius 3 is 2.12 bits per heavy atom.